The highest BCUT2D eigenvalue weighted by Crippen LogP contribution is 2.43. The Morgan fingerprint density at radius 1 is 1.56 bits per heavy atom. The summed E-state index contributed by atoms with van der Waals surface area (Å²) < 4.78 is 5.54. The average molecular weight is 317 g/mol. The lowest BCUT2D eigenvalue weighted by atomic mass is 10.1. The van der Waals surface area contributed by atoms with E-state index in [-0.39, 0.29) is 24.8 Å². The van der Waals surface area contributed by atoms with Crippen molar-refractivity contribution in [3.05, 3.63) is 15.9 Å². The zero-order chi connectivity index (χ0) is 13.3. The first kappa shape index (κ1) is 13.1. The standard InChI is InChI=1S/C11H13BrN2O4/c1-14(5-4-7(15)16)11(17)8-9(6-2-3-6)18-13-10(8)12/h6H,2-5H2,1H3,(H,15,16). The smallest absolute Gasteiger partial charge is 0.305 e. The molecule has 6 nitrogen and oxygen atoms in total. The molecule has 1 aliphatic carbocycles. The third kappa shape index (κ3) is 2.72. The molecule has 0 unspecified atom stereocenters. The Bertz CT molecular complexity index is 481. The highest BCUT2D eigenvalue weighted by molar-refractivity contribution is 9.10. The number of hydrogen-bond acceptors (Lipinski definition) is 4. The molecule has 0 aromatic carbocycles. The van der Waals surface area contributed by atoms with Gasteiger partial charge in [0.05, 0.1) is 6.42 Å². The van der Waals surface area contributed by atoms with Gasteiger partial charge in [0.2, 0.25) is 0 Å². The van der Waals surface area contributed by atoms with Crippen LogP contribution in [0, 0.1) is 0 Å². The van der Waals surface area contributed by atoms with E-state index in [0.29, 0.717) is 15.9 Å². The van der Waals surface area contributed by atoms with Crippen LogP contribution in [0.4, 0.5) is 0 Å². The molecule has 0 spiro atoms. The van der Waals surface area contributed by atoms with E-state index in [1.165, 1.54) is 4.90 Å². The molecule has 2 rings (SSSR count). The molecular weight excluding hydrogens is 304 g/mol. The molecule has 1 aliphatic rings. The third-order valence-electron chi connectivity index (χ3n) is 2.85. The van der Waals surface area contributed by atoms with Gasteiger partial charge in [0.15, 0.2) is 10.4 Å². The number of nitrogens with zero attached hydrogens (tertiary/aromatic N) is 2. The monoisotopic (exact) mass is 316 g/mol. The molecule has 98 valence electrons. The predicted octanol–water partition coefficient (Wildman–Crippen LogP) is 1.86. The van der Waals surface area contributed by atoms with Crippen LogP contribution in [0.5, 0.6) is 0 Å². The molecule has 1 heterocycles. The normalized spacial score (nSPS) is 14.6. The SMILES string of the molecule is CN(CCC(=O)O)C(=O)c1c(Br)noc1C1CC1. The molecule has 0 radical (unpaired) electrons. The number of amides is 1. The van der Waals surface area contributed by atoms with Crippen molar-refractivity contribution in [1.29, 1.82) is 0 Å². The summed E-state index contributed by atoms with van der Waals surface area (Å²) in [6.45, 7) is 0.163. The molecule has 7 heteroatoms. The zero-order valence-corrected chi connectivity index (χ0v) is 11.4. The molecule has 1 aromatic heterocycles. The molecule has 1 fully saturated rings. The van der Waals surface area contributed by atoms with E-state index < -0.39 is 5.97 Å². The average Bonchev–Trinajstić information content (AvgIpc) is 3.09. The fourth-order valence-corrected chi connectivity index (χ4v) is 2.09. The fourth-order valence-electron chi connectivity index (χ4n) is 1.66. The maximum Gasteiger partial charge on any atom is 0.305 e. The molecule has 1 amide bonds. The molecule has 0 saturated heterocycles. The Balaban J connectivity index is 2.12. The van der Waals surface area contributed by atoms with Gasteiger partial charge in [-0.2, -0.15) is 0 Å². The van der Waals surface area contributed by atoms with Crippen molar-refractivity contribution in [2.75, 3.05) is 13.6 Å². The molecule has 1 aromatic rings. The van der Waals surface area contributed by atoms with E-state index in [1.807, 2.05) is 0 Å². The number of rotatable bonds is 5. The molecule has 1 saturated carbocycles. The number of aliphatic carboxylic acids is 1. The largest absolute Gasteiger partial charge is 0.481 e. The van der Waals surface area contributed by atoms with Gasteiger partial charge < -0.3 is 14.5 Å². The Morgan fingerprint density at radius 3 is 2.78 bits per heavy atom. The predicted molar refractivity (Wildman–Crippen MR) is 65.4 cm³/mol. The lowest BCUT2D eigenvalue weighted by Crippen LogP contribution is -2.29. The maximum atomic E-state index is 12.2. The molecule has 0 atom stereocenters. The van der Waals surface area contributed by atoms with Crippen molar-refractivity contribution in [3.63, 3.8) is 0 Å². The van der Waals surface area contributed by atoms with Crippen LogP contribution in [0.15, 0.2) is 9.13 Å². The Morgan fingerprint density at radius 2 is 2.22 bits per heavy atom. The second kappa shape index (κ2) is 5.09. The van der Waals surface area contributed by atoms with E-state index in [2.05, 4.69) is 21.1 Å². The van der Waals surface area contributed by atoms with Gasteiger partial charge in [-0.1, -0.05) is 5.16 Å². The summed E-state index contributed by atoms with van der Waals surface area (Å²) in [6.07, 6.45) is 1.92. The summed E-state index contributed by atoms with van der Waals surface area (Å²) in [5.41, 5.74) is 0.422. The van der Waals surface area contributed by atoms with Gasteiger partial charge in [-0.25, -0.2) is 0 Å². The molecule has 18 heavy (non-hydrogen) atoms. The van der Waals surface area contributed by atoms with Gasteiger partial charge in [0.1, 0.15) is 5.56 Å². The highest BCUT2D eigenvalue weighted by Gasteiger charge is 2.35. The summed E-state index contributed by atoms with van der Waals surface area (Å²) >= 11 is 3.19. The fraction of sp³-hybridized carbons (Fsp3) is 0.545. The first-order valence-corrected chi connectivity index (χ1v) is 6.42. The zero-order valence-electron chi connectivity index (χ0n) is 9.85. The second-order valence-electron chi connectivity index (χ2n) is 4.36. The molecule has 1 N–H and O–H groups in total. The van der Waals surface area contributed by atoms with Crippen molar-refractivity contribution in [3.8, 4) is 0 Å². The molecular formula is C11H13BrN2O4. The number of carbonyl (C=O) groups excluding carboxylic acids is 1. The quantitative estimate of drug-likeness (QED) is 0.896. The van der Waals surface area contributed by atoms with Gasteiger partial charge in [-0.05, 0) is 28.8 Å². The Labute approximate surface area is 112 Å². The van der Waals surface area contributed by atoms with Gasteiger partial charge in [0.25, 0.3) is 5.91 Å². The van der Waals surface area contributed by atoms with Crippen molar-refractivity contribution in [2.24, 2.45) is 0 Å². The summed E-state index contributed by atoms with van der Waals surface area (Å²) in [7, 11) is 1.57. The highest BCUT2D eigenvalue weighted by atomic mass is 79.9. The molecule has 0 bridgehead atoms. The van der Waals surface area contributed by atoms with Crippen LogP contribution in [0.2, 0.25) is 0 Å². The number of carbonyl (C=O) groups is 2. The van der Waals surface area contributed by atoms with E-state index >= 15 is 0 Å². The minimum atomic E-state index is -0.929. The van der Waals surface area contributed by atoms with E-state index in [9.17, 15) is 9.59 Å². The van der Waals surface area contributed by atoms with Gasteiger partial charge in [0, 0.05) is 19.5 Å². The van der Waals surface area contributed by atoms with Gasteiger partial charge in [-0.15, -0.1) is 0 Å². The van der Waals surface area contributed by atoms with Crippen molar-refractivity contribution >= 4 is 27.8 Å². The van der Waals surface area contributed by atoms with E-state index in [1.54, 1.807) is 7.05 Å². The number of carboxylic acid groups (broad SMARTS) is 1. The van der Waals surface area contributed by atoms with Crippen molar-refractivity contribution in [1.82, 2.24) is 10.1 Å². The maximum absolute atomic E-state index is 12.2. The second-order valence-corrected chi connectivity index (χ2v) is 5.11. The van der Waals surface area contributed by atoms with Crippen LogP contribution < -0.4 is 0 Å². The summed E-state index contributed by atoms with van der Waals surface area (Å²) in [6, 6.07) is 0. The van der Waals surface area contributed by atoms with Crippen LogP contribution in [0.1, 0.15) is 41.3 Å². The van der Waals surface area contributed by atoms with Gasteiger partial charge >= 0.3 is 5.97 Å². The lowest BCUT2D eigenvalue weighted by Gasteiger charge is -2.15. The van der Waals surface area contributed by atoms with Crippen molar-refractivity contribution < 1.29 is 19.2 Å². The topological polar surface area (TPSA) is 83.6 Å². The Hall–Kier alpha value is -1.37. The summed E-state index contributed by atoms with van der Waals surface area (Å²) in [5, 5.41) is 12.4. The van der Waals surface area contributed by atoms with Crippen LogP contribution >= 0.6 is 15.9 Å². The Kier molecular flexibility index (Phi) is 3.70. The van der Waals surface area contributed by atoms with E-state index in [0.717, 1.165) is 12.8 Å². The van der Waals surface area contributed by atoms with Crippen molar-refractivity contribution in [2.45, 2.75) is 25.2 Å². The minimum Gasteiger partial charge on any atom is -0.481 e. The molecule has 0 aliphatic heterocycles. The lowest BCUT2D eigenvalue weighted by molar-refractivity contribution is -0.137. The number of aromatic nitrogens is 1. The van der Waals surface area contributed by atoms with Crippen LogP contribution in [0.25, 0.3) is 0 Å². The number of halogens is 1. The third-order valence-corrected chi connectivity index (χ3v) is 3.39. The summed E-state index contributed by atoms with van der Waals surface area (Å²) in [5.74, 6) is -0.308. The number of hydrogen-bond donors (Lipinski definition) is 1. The van der Waals surface area contributed by atoms with E-state index in [4.69, 9.17) is 9.63 Å². The summed E-state index contributed by atoms with van der Waals surface area (Å²) in [4.78, 5) is 24.1. The first-order chi connectivity index (χ1) is 8.50. The minimum absolute atomic E-state index is 0.0795. The number of carboxylic acids is 1. The van der Waals surface area contributed by atoms with Crippen LogP contribution in [-0.4, -0.2) is 40.6 Å². The van der Waals surface area contributed by atoms with Crippen LogP contribution in [-0.2, 0) is 4.79 Å². The first-order valence-electron chi connectivity index (χ1n) is 5.63. The van der Waals surface area contributed by atoms with Crippen LogP contribution in [0.3, 0.4) is 0 Å². The van der Waals surface area contributed by atoms with Gasteiger partial charge in [-0.3, -0.25) is 9.59 Å².